The lowest BCUT2D eigenvalue weighted by Crippen LogP contribution is -2.16. The third-order valence-electron chi connectivity index (χ3n) is 3.08. The van der Waals surface area contributed by atoms with Crippen molar-refractivity contribution in [1.82, 2.24) is 4.98 Å². The molecule has 0 atom stereocenters. The van der Waals surface area contributed by atoms with Crippen molar-refractivity contribution in [3.05, 3.63) is 58.4 Å². The number of carbonyl (C=O) groups excluding carboxylic acids is 3. The molecule has 0 spiro atoms. The highest BCUT2D eigenvalue weighted by atomic mass is 35.5. The van der Waals surface area contributed by atoms with Gasteiger partial charge < -0.3 is 14.8 Å². The number of esters is 2. The summed E-state index contributed by atoms with van der Waals surface area (Å²) in [6, 6.07) is 7.04. The van der Waals surface area contributed by atoms with Crippen LogP contribution >= 0.6 is 11.6 Å². The Bertz CT molecular complexity index is 790. The van der Waals surface area contributed by atoms with Crippen LogP contribution in [0.2, 0.25) is 5.15 Å². The van der Waals surface area contributed by atoms with E-state index in [0.29, 0.717) is 0 Å². The maximum atomic E-state index is 12.3. The van der Waals surface area contributed by atoms with Crippen molar-refractivity contribution in [3.8, 4) is 0 Å². The highest BCUT2D eigenvalue weighted by molar-refractivity contribution is 6.29. The van der Waals surface area contributed by atoms with Gasteiger partial charge in [0.1, 0.15) is 5.15 Å². The molecule has 1 aromatic carbocycles. The molecule has 0 radical (unpaired) electrons. The molecular formula is C16H13ClN2O5. The van der Waals surface area contributed by atoms with Crippen molar-refractivity contribution < 1.29 is 23.9 Å². The van der Waals surface area contributed by atoms with E-state index in [0.717, 1.165) is 0 Å². The minimum absolute atomic E-state index is 0.0976. The Kier molecular flexibility index (Phi) is 5.49. The molecule has 1 aromatic heterocycles. The van der Waals surface area contributed by atoms with Crippen LogP contribution in [-0.4, -0.2) is 37.0 Å². The van der Waals surface area contributed by atoms with Gasteiger partial charge in [-0.05, 0) is 30.3 Å². The molecule has 7 nitrogen and oxygen atoms in total. The molecule has 0 aliphatic rings. The monoisotopic (exact) mass is 348 g/mol. The molecule has 0 saturated carbocycles. The number of hydrogen-bond acceptors (Lipinski definition) is 6. The summed E-state index contributed by atoms with van der Waals surface area (Å²) in [6.07, 6.45) is 1.29. The Hall–Kier alpha value is -2.93. The van der Waals surface area contributed by atoms with E-state index in [9.17, 15) is 14.4 Å². The summed E-state index contributed by atoms with van der Waals surface area (Å²) in [5.74, 6) is -1.78. The topological polar surface area (TPSA) is 94.6 Å². The lowest BCUT2D eigenvalue weighted by Gasteiger charge is -2.11. The van der Waals surface area contributed by atoms with Gasteiger partial charge in [-0.1, -0.05) is 11.6 Å². The second-order valence-corrected chi connectivity index (χ2v) is 4.95. The van der Waals surface area contributed by atoms with Gasteiger partial charge in [0.2, 0.25) is 0 Å². The molecule has 2 rings (SSSR count). The minimum Gasteiger partial charge on any atom is -0.465 e. The normalized spacial score (nSPS) is 9.96. The fraction of sp³-hybridized carbons (Fsp3) is 0.125. The zero-order chi connectivity index (χ0) is 17.7. The number of carbonyl (C=O) groups is 3. The number of hydrogen-bond donors (Lipinski definition) is 1. The highest BCUT2D eigenvalue weighted by Crippen LogP contribution is 2.21. The number of pyridine rings is 1. The van der Waals surface area contributed by atoms with Gasteiger partial charge in [-0.15, -0.1) is 0 Å². The fourth-order valence-electron chi connectivity index (χ4n) is 1.89. The smallest absolute Gasteiger partial charge is 0.339 e. The van der Waals surface area contributed by atoms with Crippen molar-refractivity contribution in [2.45, 2.75) is 0 Å². The van der Waals surface area contributed by atoms with Crippen LogP contribution in [-0.2, 0) is 9.47 Å². The first-order valence-corrected chi connectivity index (χ1v) is 7.07. The molecule has 1 heterocycles. The first kappa shape index (κ1) is 17.4. The van der Waals surface area contributed by atoms with Crippen molar-refractivity contribution in [2.75, 3.05) is 19.5 Å². The predicted molar refractivity (Wildman–Crippen MR) is 86.3 cm³/mol. The van der Waals surface area contributed by atoms with Crippen molar-refractivity contribution in [3.63, 3.8) is 0 Å². The Morgan fingerprint density at radius 2 is 1.67 bits per heavy atom. The minimum atomic E-state index is -0.657. The van der Waals surface area contributed by atoms with Crippen LogP contribution in [0, 0.1) is 0 Å². The van der Waals surface area contributed by atoms with Gasteiger partial charge in [0, 0.05) is 6.20 Å². The summed E-state index contributed by atoms with van der Waals surface area (Å²) >= 11 is 5.68. The van der Waals surface area contributed by atoms with E-state index in [4.69, 9.17) is 11.6 Å². The molecule has 24 heavy (non-hydrogen) atoms. The van der Waals surface area contributed by atoms with Gasteiger partial charge in [-0.3, -0.25) is 4.79 Å². The molecule has 0 bridgehead atoms. The maximum absolute atomic E-state index is 12.3. The Balaban J connectivity index is 2.38. The van der Waals surface area contributed by atoms with Gasteiger partial charge >= 0.3 is 11.9 Å². The summed E-state index contributed by atoms with van der Waals surface area (Å²) in [7, 11) is 2.44. The maximum Gasteiger partial charge on any atom is 0.339 e. The molecule has 0 aliphatic carbocycles. The lowest BCUT2D eigenvalue weighted by atomic mass is 10.1. The number of amides is 1. The SMILES string of the molecule is COC(=O)c1ccc(C(=O)OC)c(NC(=O)c2ccc(Cl)nc2)c1. The molecule has 8 heteroatoms. The van der Waals surface area contributed by atoms with Crippen LogP contribution in [0.5, 0.6) is 0 Å². The molecular weight excluding hydrogens is 336 g/mol. The third kappa shape index (κ3) is 3.88. The largest absolute Gasteiger partial charge is 0.465 e. The second-order valence-electron chi connectivity index (χ2n) is 4.57. The first-order valence-electron chi connectivity index (χ1n) is 6.70. The highest BCUT2D eigenvalue weighted by Gasteiger charge is 2.18. The average molecular weight is 349 g/mol. The molecule has 0 saturated heterocycles. The number of anilines is 1. The summed E-state index contributed by atoms with van der Waals surface area (Å²) in [6.45, 7) is 0. The number of halogens is 1. The number of ether oxygens (including phenoxy) is 2. The second kappa shape index (κ2) is 7.56. The molecule has 0 aliphatic heterocycles. The summed E-state index contributed by atoms with van der Waals surface area (Å²) in [4.78, 5) is 39.6. The van der Waals surface area contributed by atoms with E-state index in [-0.39, 0.29) is 27.5 Å². The lowest BCUT2D eigenvalue weighted by molar-refractivity contribution is 0.0587. The molecule has 0 fully saturated rings. The van der Waals surface area contributed by atoms with E-state index >= 15 is 0 Å². The van der Waals surface area contributed by atoms with Crippen molar-refractivity contribution in [1.29, 1.82) is 0 Å². The van der Waals surface area contributed by atoms with Gasteiger partial charge in [-0.2, -0.15) is 0 Å². The van der Waals surface area contributed by atoms with E-state index in [2.05, 4.69) is 19.8 Å². The standard InChI is InChI=1S/C16H13ClN2O5/c1-23-15(21)9-3-5-11(16(22)24-2)12(7-9)19-14(20)10-4-6-13(17)18-8-10/h3-8H,1-2H3,(H,19,20). The summed E-state index contributed by atoms with van der Waals surface area (Å²) < 4.78 is 9.30. The number of methoxy groups -OCH3 is 2. The van der Waals surface area contributed by atoms with Crippen LogP contribution in [0.4, 0.5) is 5.69 Å². The van der Waals surface area contributed by atoms with Crippen LogP contribution in [0.15, 0.2) is 36.5 Å². The molecule has 2 aromatic rings. The van der Waals surface area contributed by atoms with Gasteiger partial charge in [-0.25, -0.2) is 14.6 Å². The number of nitrogens with zero attached hydrogens (tertiary/aromatic N) is 1. The van der Waals surface area contributed by atoms with E-state index in [1.54, 1.807) is 0 Å². The van der Waals surface area contributed by atoms with Crippen LogP contribution in [0.1, 0.15) is 31.1 Å². The van der Waals surface area contributed by atoms with Crippen LogP contribution in [0.25, 0.3) is 0 Å². The quantitative estimate of drug-likeness (QED) is 0.674. The fourth-order valence-corrected chi connectivity index (χ4v) is 2.00. The van der Waals surface area contributed by atoms with E-state index in [1.807, 2.05) is 0 Å². The Labute approximate surface area is 142 Å². The molecule has 1 N–H and O–H groups in total. The van der Waals surface area contributed by atoms with Crippen LogP contribution in [0.3, 0.4) is 0 Å². The molecule has 0 unspecified atom stereocenters. The predicted octanol–water partition coefficient (Wildman–Crippen LogP) is 2.56. The third-order valence-corrected chi connectivity index (χ3v) is 3.31. The zero-order valence-corrected chi connectivity index (χ0v) is 13.6. The summed E-state index contributed by atoms with van der Waals surface area (Å²) in [5, 5.41) is 2.80. The average Bonchev–Trinajstić information content (AvgIpc) is 2.60. The zero-order valence-electron chi connectivity index (χ0n) is 12.8. The van der Waals surface area contributed by atoms with Crippen molar-refractivity contribution in [2.24, 2.45) is 0 Å². The number of aromatic nitrogens is 1. The van der Waals surface area contributed by atoms with E-state index in [1.165, 1.54) is 50.7 Å². The van der Waals surface area contributed by atoms with Crippen LogP contribution < -0.4 is 5.32 Å². The number of benzene rings is 1. The number of rotatable bonds is 4. The van der Waals surface area contributed by atoms with Gasteiger partial charge in [0.25, 0.3) is 5.91 Å². The summed E-state index contributed by atoms with van der Waals surface area (Å²) in [5.41, 5.74) is 0.624. The Morgan fingerprint density at radius 3 is 2.25 bits per heavy atom. The number of nitrogens with one attached hydrogen (secondary N) is 1. The first-order chi connectivity index (χ1) is 11.5. The van der Waals surface area contributed by atoms with Gasteiger partial charge in [0.15, 0.2) is 0 Å². The molecule has 124 valence electrons. The van der Waals surface area contributed by atoms with Crippen molar-refractivity contribution >= 4 is 35.1 Å². The van der Waals surface area contributed by atoms with E-state index < -0.39 is 17.8 Å². The Morgan fingerprint density at radius 1 is 1.00 bits per heavy atom. The van der Waals surface area contributed by atoms with Gasteiger partial charge in [0.05, 0.1) is 36.6 Å². The molecule has 1 amide bonds.